The van der Waals surface area contributed by atoms with Crippen LogP contribution in [0.2, 0.25) is 5.02 Å². The van der Waals surface area contributed by atoms with Crippen molar-refractivity contribution >= 4 is 23.2 Å². The van der Waals surface area contributed by atoms with Crippen molar-refractivity contribution in [1.29, 1.82) is 0 Å². The zero-order chi connectivity index (χ0) is 37.2. The number of allylic oxidation sites excluding steroid dienone is 1. The first-order chi connectivity index (χ1) is 26.2. The molecule has 3 aliphatic carbocycles. The van der Waals surface area contributed by atoms with Gasteiger partial charge in [-0.25, -0.2) is 4.39 Å². The molecule has 5 heterocycles. The topological polar surface area (TPSA) is 66.5 Å². The van der Waals surface area contributed by atoms with E-state index in [-0.39, 0.29) is 22.3 Å². The Kier molecular flexibility index (Phi) is 10.0. The normalized spacial score (nSPS) is 35.6. The minimum Gasteiger partial charge on any atom is -0.490 e. The molecular weight excluding hydrogens is 703 g/mol. The Bertz CT molecular complexity index is 1790. The zero-order valence-electron chi connectivity index (χ0n) is 32.4. The van der Waals surface area contributed by atoms with Crippen LogP contribution in [0.15, 0.2) is 42.0 Å². The molecule has 8 aliphatic rings. The van der Waals surface area contributed by atoms with Gasteiger partial charge in [0, 0.05) is 76.0 Å². The Balaban J connectivity index is 1.11. The molecule has 2 saturated heterocycles. The van der Waals surface area contributed by atoms with Crippen molar-refractivity contribution in [3.63, 3.8) is 0 Å². The fourth-order valence-electron chi connectivity index (χ4n) is 11.3. The second-order valence-electron chi connectivity index (χ2n) is 17.7. The van der Waals surface area contributed by atoms with Crippen molar-refractivity contribution in [2.24, 2.45) is 29.6 Å². The quantitative estimate of drug-likeness (QED) is 0.347. The average molecular weight is 761 g/mol. The molecule has 1 N–H and O–H groups in total. The molecule has 1 amide bonds. The number of rotatable bonds is 4. The van der Waals surface area contributed by atoms with Crippen LogP contribution >= 0.6 is 11.6 Å². The van der Waals surface area contributed by atoms with Gasteiger partial charge >= 0.3 is 0 Å². The summed E-state index contributed by atoms with van der Waals surface area (Å²) in [6, 6.07) is 10.1. The van der Waals surface area contributed by atoms with Gasteiger partial charge in [-0.05, 0) is 116 Å². The Morgan fingerprint density at radius 3 is 2.80 bits per heavy atom. The number of hydrogen-bond acceptors (Lipinski definition) is 7. The van der Waals surface area contributed by atoms with Gasteiger partial charge in [0.1, 0.15) is 17.2 Å². The smallest absolute Gasteiger partial charge is 0.251 e. The molecule has 4 bridgehead atoms. The van der Waals surface area contributed by atoms with E-state index in [2.05, 4.69) is 46.9 Å². The van der Waals surface area contributed by atoms with Crippen molar-refractivity contribution in [2.75, 3.05) is 83.7 Å². The Morgan fingerprint density at radius 2 is 1.98 bits per heavy atom. The van der Waals surface area contributed by atoms with Gasteiger partial charge in [0.2, 0.25) is 0 Å². The predicted octanol–water partition coefficient (Wildman–Crippen LogP) is 6.73. The van der Waals surface area contributed by atoms with Crippen LogP contribution in [0.25, 0.3) is 0 Å². The molecule has 2 aromatic carbocycles. The number of hydrogen-bond donors (Lipinski definition) is 1. The third-order valence-electron chi connectivity index (χ3n) is 14.8. The van der Waals surface area contributed by atoms with Crippen LogP contribution < -0.4 is 15.0 Å². The summed E-state index contributed by atoms with van der Waals surface area (Å²) in [5, 5.41) is 3.46. The van der Waals surface area contributed by atoms with Crippen LogP contribution in [0.4, 0.5) is 10.1 Å². The number of carbonyl (C=O) groups is 1. The van der Waals surface area contributed by atoms with Gasteiger partial charge in [0.25, 0.3) is 5.91 Å². The second kappa shape index (κ2) is 14.7. The summed E-state index contributed by atoms with van der Waals surface area (Å²) >= 11 is 6.35. The molecule has 2 aromatic rings. The molecule has 3 fully saturated rings. The standard InChI is InChI=1S/C44H58ClFN4O4/c1-4-54-44(26-48-14-15-49-16-17-52-24-34(49)23-48)33-18-32(19-33)29(3)28(2)21-47-42(51)30-8-12-40-39(20-30)50(22-31-7-9-36(31)44)25-43(27-53-40)13-5-6-35-37(43)10-11-38(45)41(35)46/h8,10-12,18,20,28-29,31-32,34,36H,4-7,9,13-17,19,21-27H2,1-3H3,(H,47,51)/t28-,29+,31-,32-,34+,36+,43-,44-/m0/s1. The third kappa shape index (κ3) is 6.38. The van der Waals surface area contributed by atoms with Gasteiger partial charge in [0.05, 0.1) is 30.5 Å². The lowest BCUT2D eigenvalue weighted by Gasteiger charge is -2.57. The van der Waals surface area contributed by atoms with E-state index in [0.717, 1.165) is 107 Å². The van der Waals surface area contributed by atoms with Gasteiger partial charge in [-0.1, -0.05) is 37.6 Å². The molecule has 8 atom stereocenters. The average Bonchev–Trinajstić information content (AvgIpc) is 3.29. The molecule has 0 radical (unpaired) electrons. The van der Waals surface area contributed by atoms with E-state index in [1.807, 2.05) is 24.3 Å². The molecule has 1 saturated carbocycles. The van der Waals surface area contributed by atoms with E-state index in [4.69, 9.17) is 25.8 Å². The number of anilines is 1. The van der Waals surface area contributed by atoms with Crippen LogP contribution in [0.3, 0.4) is 0 Å². The van der Waals surface area contributed by atoms with Crippen molar-refractivity contribution in [3.8, 4) is 5.75 Å². The van der Waals surface area contributed by atoms with E-state index in [9.17, 15) is 4.79 Å². The molecule has 0 aromatic heterocycles. The van der Waals surface area contributed by atoms with Crippen molar-refractivity contribution in [2.45, 2.75) is 76.4 Å². The molecule has 8 nitrogen and oxygen atoms in total. The van der Waals surface area contributed by atoms with Crippen LogP contribution in [0, 0.1) is 35.4 Å². The molecule has 5 aliphatic heterocycles. The van der Waals surface area contributed by atoms with Crippen LogP contribution in [-0.2, 0) is 21.3 Å². The fourth-order valence-corrected chi connectivity index (χ4v) is 11.5. The van der Waals surface area contributed by atoms with E-state index in [0.29, 0.717) is 73.9 Å². The molecule has 54 heavy (non-hydrogen) atoms. The van der Waals surface area contributed by atoms with E-state index >= 15 is 4.39 Å². The first-order valence-electron chi connectivity index (χ1n) is 20.8. The maximum Gasteiger partial charge on any atom is 0.251 e. The van der Waals surface area contributed by atoms with Crippen molar-refractivity contribution in [1.82, 2.24) is 15.1 Å². The van der Waals surface area contributed by atoms with E-state index in [1.54, 1.807) is 6.07 Å². The number of nitrogens with one attached hydrogen (secondary N) is 1. The predicted molar refractivity (Wildman–Crippen MR) is 210 cm³/mol. The maximum absolute atomic E-state index is 15.6. The zero-order valence-corrected chi connectivity index (χ0v) is 33.1. The van der Waals surface area contributed by atoms with Gasteiger partial charge in [0.15, 0.2) is 0 Å². The highest BCUT2D eigenvalue weighted by Gasteiger charge is 2.55. The summed E-state index contributed by atoms with van der Waals surface area (Å²) < 4.78 is 35.6. The fraction of sp³-hybridized carbons (Fsp3) is 0.659. The highest BCUT2D eigenvalue weighted by molar-refractivity contribution is 6.30. The number of halogens is 2. The Labute approximate surface area is 325 Å². The Morgan fingerprint density at radius 1 is 1.11 bits per heavy atom. The second-order valence-corrected chi connectivity index (χ2v) is 18.2. The molecule has 10 rings (SSSR count). The summed E-state index contributed by atoms with van der Waals surface area (Å²) in [4.78, 5) is 21.5. The number of fused-ring (bicyclic) bond motifs is 7. The van der Waals surface area contributed by atoms with Gasteiger partial charge in [-0.2, -0.15) is 0 Å². The van der Waals surface area contributed by atoms with Crippen LogP contribution in [0.1, 0.15) is 74.4 Å². The molecule has 1 spiro atoms. The highest BCUT2D eigenvalue weighted by atomic mass is 35.5. The van der Waals surface area contributed by atoms with Gasteiger partial charge < -0.3 is 24.4 Å². The minimum atomic E-state index is -0.408. The SMILES string of the molecule is CCO[C@@]1(CN2CCN3CCOC[C@H]3C2)C2=C[C@@H](C2)[C@H](C)[C@@H](C)CNC(=O)c2ccc3c(c2)N(C[C@@H]2CC[C@H]21)C[C@@]1(CCCc2c1ccc(Cl)c2F)CO3. The summed E-state index contributed by atoms with van der Waals surface area (Å²) in [6.45, 7) is 16.8. The molecular formula is C44H58ClFN4O4. The number of morpholine rings is 1. The van der Waals surface area contributed by atoms with E-state index in [1.165, 1.54) is 5.57 Å². The third-order valence-corrected chi connectivity index (χ3v) is 15.1. The number of carbonyl (C=O) groups excluding carboxylic acids is 1. The lowest BCUT2D eigenvalue weighted by Crippen LogP contribution is -2.64. The number of nitrogens with zero attached hydrogens (tertiary/aromatic N) is 3. The first kappa shape index (κ1) is 36.9. The summed E-state index contributed by atoms with van der Waals surface area (Å²) in [5.74, 6) is 2.41. The van der Waals surface area contributed by atoms with Crippen molar-refractivity contribution < 1.29 is 23.4 Å². The number of ether oxygens (including phenoxy) is 3. The first-order valence-corrected chi connectivity index (χ1v) is 21.2. The minimum absolute atomic E-state index is 0.0484. The summed E-state index contributed by atoms with van der Waals surface area (Å²) in [6.07, 6.45) is 8.30. The monoisotopic (exact) mass is 760 g/mol. The number of amides is 1. The largest absolute Gasteiger partial charge is 0.490 e. The Hall–Kier alpha value is -2.69. The molecule has 0 unspecified atom stereocenters. The number of benzene rings is 2. The molecule has 292 valence electrons. The lowest BCUT2D eigenvalue weighted by atomic mass is 9.57. The summed E-state index contributed by atoms with van der Waals surface area (Å²) in [7, 11) is 0. The van der Waals surface area contributed by atoms with Gasteiger partial charge in [-0.15, -0.1) is 0 Å². The number of piperazine rings is 1. The maximum atomic E-state index is 15.6. The van der Waals surface area contributed by atoms with E-state index < -0.39 is 5.41 Å². The van der Waals surface area contributed by atoms with Gasteiger partial charge in [-0.3, -0.25) is 14.6 Å². The van der Waals surface area contributed by atoms with Crippen LogP contribution in [0.5, 0.6) is 5.75 Å². The summed E-state index contributed by atoms with van der Waals surface area (Å²) in [5.41, 5.74) is 4.07. The van der Waals surface area contributed by atoms with Crippen LogP contribution in [-0.4, -0.2) is 106 Å². The highest BCUT2D eigenvalue weighted by Crippen LogP contribution is 2.54. The van der Waals surface area contributed by atoms with Crippen molar-refractivity contribution in [3.05, 3.63) is 69.5 Å². The molecule has 10 heteroatoms. The lowest BCUT2D eigenvalue weighted by molar-refractivity contribution is -0.132.